The van der Waals surface area contributed by atoms with Crippen LogP contribution in [0.5, 0.6) is 0 Å². The normalized spacial score (nSPS) is 33.1. The lowest BCUT2D eigenvalue weighted by Crippen LogP contribution is -2.43. The van der Waals surface area contributed by atoms with Crippen molar-refractivity contribution in [3.8, 4) is 0 Å². The zero-order valence-electron chi connectivity index (χ0n) is 10.9. The number of rotatable bonds is 4. The number of halogens is 1. The van der Waals surface area contributed by atoms with Crippen molar-refractivity contribution < 1.29 is 28.2 Å². The third kappa shape index (κ3) is 2.94. The van der Waals surface area contributed by atoms with Gasteiger partial charge in [-0.2, -0.15) is 4.98 Å². The molecule has 1 aromatic heterocycles. The predicted molar refractivity (Wildman–Crippen MR) is 68.1 cm³/mol. The van der Waals surface area contributed by atoms with Gasteiger partial charge in [0.2, 0.25) is 0 Å². The van der Waals surface area contributed by atoms with Gasteiger partial charge in [-0.15, -0.1) is 9.42 Å². The Kier molecular flexibility index (Phi) is 4.35. The average molecular weight is 322 g/mol. The van der Waals surface area contributed by atoms with Crippen LogP contribution in [0.25, 0.3) is 0 Å². The standard InChI is InChI=1S/C10H13FN3O6P/c1-10(4-15)7(20-21(17)18)6(11)8(19-10)14-3-2-5(12)13-9(14)16/h2-3,6-8,15H,4H2,1H3,(H2-,12,13,16,17,18)/p+1/t6?,7-,8-,10-/m1/s1. The van der Waals surface area contributed by atoms with E-state index in [0.29, 0.717) is 0 Å². The molecule has 2 rings (SSSR count). The molecule has 1 fully saturated rings. The number of alkyl halides is 1. The lowest BCUT2D eigenvalue weighted by atomic mass is 9.99. The van der Waals surface area contributed by atoms with Gasteiger partial charge in [0.05, 0.1) is 6.61 Å². The van der Waals surface area contributed by atoms with Crippen LogP contribution in [0.4, 0.5) is 10.2 Å². The number of nitrogens with zero attached hydrogens (tertiary/aromatic N) is 2. The highest BCUT2D eigenvalue weighted by atomic mass is 31.1. The van der Waals surface area contributed by atoms with E-state index in [4.69, 9.17) is 15.4 Å². The van der Waals surface area contributed by atoms with E-state index in [9.17, 15) is 18.9 Å². The van der Waals surface area contributed by atoms with E-state index in [2.05, 4.69) is 9.51 Å². The number of hydrogen-bond donors (Lipinski definition) is 3. The van der Waals surface area contributed by atoms with Crippen LogP contribution in [0.2, 0.25) is 0 Å². The molecule has 21 heavy (non-hydrogen) atoms. The van der Waals surface area contributed by atoms with E-state index in [1.807, 2.05) is 0 Å². The first-order chi connectivity index (χ1) is 9.78. The Hall–Kier alpha value is -1.45. The van der Waals surface area contributed by atoms with Gasteiger partial charge >= 0.3 is 13.9 Å². The Morgan fingerprint density at radius 2 is 2.38 bits per heavy atom. The van der Waals surface area contributed by atoms with Gasteiger partial charge < -0.3 is 15.6 Å². The van der Waals surface area contributed by atoms with Gasteiger partial charge in [-0.05, 0) is 13.0 Å². The summed E-state index contributed by atoms with van der Waals surface area (Å²) < 4.78 is 36.0. The molecule has 1 aliphatic rings. The number of ether oxygens (including phenoxy) is 1. The molecule has 11 heteroatoms. The van der Waals surface area contributed by atoms with Crippen molar-refractivity contribution in [1.29, 1.82) is 0 Å². The second kappa shape index (κ2) is 5.74. The summed E-state index contributed by atoms with van der Waals surface area (Å²) in [6, 6.07) is 1.27. The Bertz CT molecular complexity index is 613. The topological polar surface area (TPSA) is 137 Å². The van der Waals surface area contributed by atoms with Crippen molar-refractivity contribution in [2.24, 2.45) is 0 Å². The Morgan fingerprint density at radius 3 is 2.90 bits per heavy atom. The quantitative estimate of drug-likeness (QED) is 0.630. The molecule has 4 N–H and O–H groups in total. The summed E-state index contributed by atoms with van der Waals surface area (Å²) in [5, 5.41) is 9.33. The van der Waals surface area contributed by atoms with Crippen molar-refractivity contribution in [2.75, 3.05) is 12.3 Å². The number of aliphatic hydroxyl groups excluding tert-OH is 1. The van der Waals surface area contributed by atoms with Crippen LogP contribution in [0.15, 0.2) is 17.1 Å². The van der Waals surface area contributed by atoms with E-state index in [0.717, 1.165) is 4.57 Å². The Morgan fingerprint density at radius 1 is 1.71 bits per heavy atom. The molecule has 1 aliphatic heterocycles. The fourth-order valence-electron chi connectivity index (χ4n) is 2.12. The summed E-state index contributed by atoms with van der Waals surface area (Å²) in [7, 11) is -3.11. The number of aromatic nitrogens is 2. The van der Waals surface area contributed by atoms with Crippen molar-refractivity contribution in [2.45, 2.75) is 31.0 Å². The van der Waals surface area contributed by atoms with Crippen molar-refractivity contribution in [1.82, 2.24) is 9.55 Å². The maximum atomic E-state index is 14.4. The largest absolute Gasteiger partial charge is 0.695 e. The maximum absolute atomic E-state index is 14.4. The molecule has 2 heterocycles. The first-order valence-electron chi connectivity index (χ1n) is 5.89. The van der Waals surface area contributed by atoms with Gasteiger partial charge in [0.15, 0.2) is 18.5 Å². The van der Waals surface area contributed by atoms with Gasteiger partial charge in [0.25, 0.3) is 0 Å². The fourth-order valence-corrected chi connectivity index (χ4v) is 2.65. The Labute approximate surface area is 119 Å². The first-order valence-corrected chi connectivity index (χ1v) is 7.02. The zero-order chi connectivity index (χ0) is 15.8. The molecule has 2 unspecified atom stereocenters. The number of hydrogen-bond acceptors (Lipinski definition) is 7. The summed E-state index contributed by atoms with van der Waals surface area (Å²) in [6.45, 7) is 0.633. The minimum absolute atomic E-state index is 0.0409. The average Bonchev–Trinajstić information content (AvgIpc) is 2.64. The van der Waals surface area contributed by atoms with Gasteiger partial charge in [0.1, 0.15) is 11.4 Å². The second-order valence-corrected chi connectivity index (χ2v) is 5.42. The molecule has 9 nitrogen and oxygen atoms in total. The summed E-state index contributed by atoms with van der Waals surface area (Å²) in [6.07, 6.45) is -3.76. The van der Waals surface area contributed by atoms with Gasteiger partial charge in [-0.3, -0.25) is 4.57 Å². The predicted octanol–water partition coefficient (Wildman–Crippen LogP) is -0.522. The molecule has 0 saturated carbocycles. The van der Waals surface area contributed by atoms with Crippen molar-refractivity contribution in [3.63, 3.8) is 0 Å². The SMILES string of the molecule is C[C@]1(CO)O[C@@H](n2ccc(N)nc2=O)C(F)[C@H]1O[P+](=O)O. The summed E-state index contributed by atoms with van der Waals surface area (Å²) >= 11 is 0. The summed E-state index contributed by atoms with van der Waals surface area (Å²) in [5.41, 5.74) is 2.90. The van der Waals surface area contributed by atoms with E-state index in [1.54, 1.807) is 0 Å². The van der Waals surface area contributed by atoms with Crippen molar-refractivity contribution in [3.05, 3.63) is 22.7 Å². The zero-order valence-corrected chi connectivity index (χ0v) is 11.8. The van der Waals surface area contributed by atoms with E-state index < -0.39 is 44.7 Å². The molecular formula is C10H14FN3O6P+. The third-order valence-electron chi connectivity index (χ3n) is 3.20. The van der Waals surface area contributed by atoms with Gasteiger partial charge in [0, 0.05) is 10.8 Å². The monoisotopic (exact) mass is 322 g/mol. The molecule has 0 bridgehead atoms. The molecule has 0 aromatic carbocycles. The fraction of sp³-hybridized carbons (Fsp3) is 0.600. The van der Waals surface area contributed by atoms with Crippen LogP contribution >= 0.6 is 8.25 Å². The minimum Gasteiger partial charge on any atom is -0.393 e. The van der Waals surface area contributed by atoms with Crippen molar-refractivity contribution >= 4 is 14.1 Å². The number of aliphatic hydroxyl groups is 1. The molecule has 1 saturated heterocycles. The first kappa shape index (κ1) is 15.9. The third-order valence-corrected chi connectivity index (χ3v) is 3.60. The van der Waals surface area contributed by atoms with Crippen LogP contribution < -0.4 is 11.4 Å². The lowest BCUT2D eigenvalue weighted by molar-refractivity contribution is -0.113. The molecule has 0 radical (unpaired) electrons. The molecule has 5 atom stereocenters. The highest BCUT2D eigenvalue weighted by Gasteiger charge is 2.58. The van der Waals surface area contributed by atoms with Crippen LogP contribution in [0, 0.1) is 0 Å². The number of nitrogens with two attached hydrogens (primary N) is 1. The molecule has 116 valence electrons. The van der Waals surface area contributed by atoms with Crippen LogP contribution in [0.3, 0.4) is 0 Å². The van der Waals surface area contributed by atoms with Crippen LogP contribution in [-0.2, 0) is 13.8 Å². The smallest absolute Gasteiger partial charge is 0.393 e. The van der Waals surface area contributed by atoms with E-state index in [1.165, 1.54) is 19.2 Å². The molecular weight excluding hydrogens is 308 g/mol. The molecule has 0 spiro atoms. The summed E-state index contributed by atoms with van der Waals surface area (Å²) in [4.78, 5) is 23.9. The highest BCUT2D eigenvalue weighted by Crippen LogP contribution is 2.43. The second-order valence-electron chi connectivity index (χ2n) is 4.73. The molecule has 1 aromatic rings. The van der Waals surface area contributed by atoms with E-state index in [-0.39, 0.29) is 5.82 Å². The van der Waals surface area contributed by atoms with Gasteiger partial charge in [-0.1, -0.05) is 0 Å². The van der Waals surface area contributed by atoms with Gasteiger partial charge in [-0.25, -0.2) is 9.18 Å². The summed E-state index contributed by atoms with van der Waals surface area (Å²) in [5.74, 6) is -0.0409. The highest BCUT2D eigenvalue weighted by molar-refractivity contribution is 7.32. The molecule has 0 aliphatic carbocycles. The number of anilines is 1. The van der Waals surface area contributed by atoms with Crippen LogP contribution in [0.1, 0.15) is 13.2 Å². The Balaban J connectivity index is 2.38. The number of nitrogen functional groups attached to an aromatic ring is 1. The molecule has 0 amide bonds. The minimum atomic E-state index is -3.11. The van der Waals surface area contributed by atoms with Crippen LogP contribution in [-0.4, -0.2) is 44.0 Å². The maximum Gasteiger partial charge on any atom is 0.695 e. The lowest BCUT2D eigenvalue weighted by Gasteiger charge is -2.24. The van der Waals surface area contributed by atoms with E-state index >= 15 is 0 Å².